The van der Waals surface area contributed by atoms with Crippen LogP contribution in [-0.4, -0.2) is 9.55 Å². The SMILES string of the molecule is Cn1cnc(C(NN)c2ccccc2Cl)c1. The van der Waals surface area contributed by atoms with Crippen molar-refractivity contribution in [2.45, 2.75) is 6.04 Å². The summed E-state index contributed by atoms with van der Waals surface area (Å²) in [6.45, 7) is 0. The fraction of sp³-hybridized carbons (Fsp3) is 0.182. The van der Waals surface area contributed by atoms with E-state index < -0.39 is 0 Å². The smallest absolute Gasteiger partial charge is 0.0947 e. The summed E-state index contributed by atoms with van der Waals surface area (Å²) in [6, 6.07) is 7.40. The van der Waals surface area contributed by atoms with Gasteiger partial charge in [-0.05, 0) is 11.6 Å². The molecule has 1 unspecified atom stereocenters. The van der Waals surface area contributed by atoms with Gasteiger partial charge in [0.1, 0.15) is 0 Å². The average molecular weight is 237 g/mol. The monoisotopic (exact) mass is 236 g/mol. The normalized spacial score (nSPS) is 12.7. The molecule has 16 heavy (non-hydrogen) atoms. The minimum atomic E-state index is -0.185. The molecule has 0 radical (unpaired) electrons. The third-order valence-corrected chi connectivity index (χ3v) is 2.75. The second kappa shape index (κ2) is 4.65. The van der Waals surface area contributed by atoms with E-state index in [4.69, 9.17) is 17.4 Å². The Kier molecular flexibility index (Phi) is 3.24. The quantitative estimate of drug-likeness (QED) is 0.629. The van der Waals surface area contributed by atoms with E-state index in [1.165, 1.54) is 0 Å². The van der Waals surface area contributed by atoms with E-state index in [-0.39, 0.29) is 6.04 Å². The number of aromatic nitrogens is 2. The first-order valence-electron chi connectivity index (χ1n) is 4.91. The Morgan fingerprint density at radius 1 is 1.44 bits per heavy atom. The van der Waals surface area contributed by atoms with Gasteiger partial charge in [-0.15, -0.1) is 0 Å². The van der Waals surface area contributed by atoms with Crippen LogP contribution in [0.25, 0.3) is 0 Å². The average Bonchev–Trinajstić information content (AvgIpc) is 2.69. The molecule has 2 aromatic rings. The number of benzene rings is 1. The zero-order chi connectivity index (χ0) is 11.5. The lowest BCUT2D eigenvalue weighted by Crippen LogP contribution is -2.29. The number of nitrogens with zero attached hydrogens (tertiary/aromatic N) is 2. The maximum absolute atomic E-state index is 6.12. The number of nitrogens with two attached hydrogens (primary N) is 1. The Hall–Kier alpha value is -1.36. The van der Waals surface area contributed by atoms with Crippen molar-refractivity contribution in [3.05, 3.63) is 53.1 Å². The summed E-state index contributed by atoms with van der Waals surface area (Å²) in [7, 11) is 1.91. The Balaban J connectivity index is 2.40. The molecule has 0 aliphatic heterocycles. The molecule has 1 heterocycles. The fourth-order valence-electron chi connectivity index (χ4n) is 1.63. The predicted molar refractivity (Wildman–Crippen MR) is 63.8 cm³/mol. The van der Waals surface area contributed by atoms with Gasteiger partial charge in [0.25, 0.3) is 0 Å². The molecule has 5 heteroatoms. The first kappa shape index (κ1) is 11.1. The lowest BCUT2D eigenvalue weighted by Gasteiger charge is -2.15. The lowest BCUT2D eigenvalue weighted by atomic mass is 10.1. The molecular weight excluding hydrogens is 224 g/mol. The Labute approximate surface area is 99.0 Å². The Bertz CT molecular complexity index is 480. The molecule has 0 saturated heterocycles. The zero-order valence-electron chi connectivity index (χ0n) is 8.89. The van der Waals surface area contributed by atoms with Gasteiger partial charge in [0.05, 0.1) is 18.1 Å². The minimum absolute atomic E-state index is 0.185. The number of hydrazine groups is 1. The number of nitrogens with one attached hydrogen (secondary N) is 1. The van der Waals surface area contributed by atoms with Gasteiger partial charge in [-0.1, -0.05) is 29.8 Å². The molecule has 1 aromatic heterocycles. The van der Waals surface area contributed by atoms with Crippen molar-refractivity contribution in [1.82, 2.24) is 15.0 Å². The number of imidazole rings is 1. The van der Waals surface area contributed by atoms with Gasteiger partial charge in [-0.2, -0.15) is 0 Å². The highest BCUT2D eigenvalue weighted by molar-refractivity contribution is 6.31. The van der Waals surface area contributed by atoms with Crippen LogP contribution < -0.4 is 11.3 Å². The molecule has 84 valence electrons. The Morgan fingerprint density at radius 3 is 2.75 bits per heavy atom. The Morgan fingerprint density at radius 2 is 2.19 bits per heavy atom. The number of aryl methyl sites for hydroxylation is 1. The molecule has 4 nitrogen and oxygen atoms in total. The third kappa shape index (κ3) is 2.09. The van der Waals surface area contributed by atoms with Crippen LogP contribution in [0.2, 0.25) is 5.02 Å². The highest BCUT2D eigenvalue weighted by Gasteiger charge is 2.17. The van der Waals surface area contributed by atoms with E-state index >= 15 is 0 Å². The van der Waals surface area contributed by atoms with Crippen molar-refractivity contribution in [1.29, 1.82) is 0 Å². The van der Waals surface area contributed by atoms with Gasteiger partial charge < -0.3 is 4.57 Å². The van der Waals surface area contributed by atoms with Crippen LogP contribution in [-0.2, 0) is 7.05 Å². The van der Waals surface area contributed by atoms with Gasteiger partial charge in [-0.25, -0.2) is 10.4 Å². The van der Waals surface area contributed by atoms with Crippen molar-refractivity contribution >= 4 is 11.6 Å². The summed E-state index contributed by atoms with van der Waals surface area (Å²) in [4.78, 5) is 4.27. The molecule has 0 amide bonds. The maximum atomic E-state index is 6.12. The molecule has 0 saturated carbocycles. The largest absolute Gasteiger partial charge is 0.340 e. The van der Waals surface area contributed by atoms with Gasteiger partial charge in [0.2, 0.25) is 0 Å². The zero-order valence-corrected chi connectivity index (χ0v) is 9.65. The first-order valence-corrected chi connectivity index (χ1v) is 5.28. The van der Waals surface area contributed by atoms with Gasteiger partial charge >= 0.3 is 0 Å². The van der Waals surface area contributed by atoms with Crippen molar-refractivity contribution in [3.8, 4) is 0 Å². The number of rotatable bonds is 3. The van der Waals surface area contributed by atoms with E-state index in [0.717, 1.165) is 11.3 Å². The van der Waals surface area contributed by atoms with Crippen LogP contribution >= 0.6 is 11.6 Å². The van der Waals surface area contributed by atoms with E-state index in [0.29, 0.717) is 5.02 Å². The maximum Gasteiger partial charge on any atom is 0.0947 e. The number of halogens is 1. The van der Waals surface area contributed by atoms with Crippen molar-refractivity contribution < 1.29 is 0 Å². The molecular formula is C11H13ClN4. The van der Waals surface area contributed by atoms with E-state index in [1.54, 1.807) is 6.33 Å². The summed E-state index contributed by atoms with van der Waals surface area (Å²) >= 11 is 6.12. The van der Waals surface area contributed by atoms with Crippen LogP contribution in [0.1, 0.15) is 17.3 Å². The van der Waals surface area contributed by atoms with Crippen LogP contribution in [0.4, 0.5) is 0 Å². The highest BCUT2D eigenvalue weighted by Crippen LogP contribution is 2.26. The van der Waals surface area contributed by atoms with E-state index in [9.17, 15) is 0 Å². The molecule has 2 rings (SSSR count). The van der Waals surface area contributed by atoms with E-state index in [1.807, 2.05) is 42.1 Å². The summed E-state index contributed by atoms with van der Waals surface area (Å²) in [6.07, 6.45) is 3.64. The summed E-state index contributed by atoms with van der Waals surface area (Å²) < 4.78 is 1.87. The van der Waals surface area contributed by atoms with Gasteiger partial charge in [-0.3, -0.25) is 5.84 Å². The molecule has 3 N–H and O–H groups in total. The van der Waals surface area contributed by atoms with Crippen molar-refractivity contribution in [2.24, 2.45) is 12.9 Å². The summed E-state index contributed by atoms with van der Waals surface area (Å²) in [5, 5.41) is 0.677. The van der Waals surface area contributed by atoms with Crippen LogP contribution in [0.15, 0.2) is 36.8 Å². The van der Waals surface area contributed by atoms with Gasteiger partial charge in [0, 0.05) is 18.3 Å². The molecule has 1 atom stereocenters. The van der Waals surface area contributed by atoms with Gasteiger partial charge in [0.15, 0.2) is 0 Å². The molecule has 0 aliphatic rings. The summed E-state index contributed by atoms with van der Waals surface area (Å²) in [5.74, 6) is 5.56. The third-order valence-electron chi connectivity index (χ3n) is 2.40. The first-order chi connectivity index (χ1) is 7.72. The van der Waals surface area contributed by atoms with Crippen molar-refractivity contribution in [3.63, 3.8) is 0 Å². The topological polar surface area (TPSA) is 55.9 Å². The molecule has 1 aromatic carbocycles. The fourth-order valence-corrected chi connectivity index (χ4v) is 1.87. The second-order valence-corrected chi connectivity index (χ2v) is 3.99. The van der Waals surface area contributed by atoms with Crippen LogP contribution in [0, 0.1) is 0 Å². The number of hydrogen-bond acceptors (Lipinski definition) is 3. The van der Waals surface area contributed by atoms with E-state index in [2.05, 4.69) is 10.4 Å². The van der Waals surface area contributed by atoms with Crippen LogP contribution in [0.5, 0.6) is 0 Å². The highest BCUT2D eigenvalue weighted by atomic mass is 35.5. The molecule has 0 fully saturated rings. The summed E-state index contributed by atoms with van der Waals surface area (Å²) in [5.41, 5.74) is 4.50. The minimum Gasteiger partial charge on any atom is -0.340 e. The van der Waals surface area contributed by atoms with Crippen LogP contribution in [0.3, 0.4) is 0 Å². The predicted octanol–water partition coefficient (Wildman–Crippen LogP) is 1.63. The standard InChI is InChI=1S/C11H13ClN4/c1-16-6-10(14-7-16)11(15-13)8-4-2-3-5-9(8)12/h2-7,11,15H,13H2,1H3. The molecule has 0 aliphatic carbocycles. The number of hydrogen-bond donors (Lipinski definition) is 2. The van der Waals surface area contributed by atoms with Crippen molar-refractivity contribution in [2.75, 3.05) is 0 Å². The molecule has 0 spiro atoms. The second-order valence-electron chi connectivity index (χ2n) is 3.59. The molecule has 0 bridgehead atoms. The lowest BCUT2D eigenvalue weighted by molar-refractivity contribution is 0.623.